The monoisotopic (exact) mass is 377 g/mol. The van der Waals surface area contributed by atoms with Gasteiger partial charge in [-0.05, 0) is 59.3 Å². The van der Waals surface area contributed by atoms with E-state index in [2.05, 4.69) is 25.9 Å². The summed E-state index contributed by atoms with van der Waals surface area (Å²) in [4.78, 5) is 7.46. The van der Waals surface area contributed by atoms with Crippen LogP contribution >= 0.6 is 27.5 Å². The molecule has 0 aliphatic heterocycles. The minimum Gasteiger partial charge on any atom is -0.494 e. The number of hydrogen-bond acceptors (Lipinski definition) is 3. The van der Waals surface area contributed by atoms with Gasteiger partial charge in [0.2, 0.25) is 0 Å². The van der Waals surface area contributed by atoms with Gasteiger partial charge in [-0.1, -0.05) is 11.6 Å². The Balaban J connectivity index is 2.13. The number of halogens is 2. The maximum Gasteiger partial charge on any atom is 0.198 e. The number of nitrogens with one attached hydrogen (secondary N) is 1. The molecular weight excluding hydrogens is 366 g/mol. The molecule has 6 heteroatoms. The zero-order chi connectivity index (χ0) is 15.9. The van der Waals surface area contributed by atoms with E-state index < -0.39 is 0 Å². The normalized spacial score (nSPS) is 12.0. The molecule has 0 saturated heterocycles. The Hall–Kier alpha value is -1.98. The molecule has 3 rings (SSSR count). The van der Waals surface area contributed by atoms with Crippen molar-refractivity contribution in [3.8, 4) is 5.88 Å². The molecule has 0 aliphatic rings. The number of H-pyrrole nitrogens is 1. The molecule has 0 spiro atoms. The van der Waals surface area contributed by atoms with Crippen molar-refractivity contribution in [1.82, 2.24) is 4.98 Å². The summed E-state index contributed by atoms with van der Waals surface area (Å²) in [5.41, 5.74) is 9.30. The van der Waals surface area contributed by atoms with Gasteiger partial charge in [0.1, 0.15) is 0 Å². The van der Waals surface area contributed by atoms with Crippen LogP contribution in [0.4, 0.5) is 11.4 Å². The molecular formula is C16H13BrClN3O. The van der Waals surface area contributed by atoms with Crippen LogP contribution in [0.1, 0.15) is 12.5 Å². The largest absolute Gasteiger partial charge is 0.494 e. The van der Waals surface area contributed by atoms with Crippen molar-refractivity contribution in [1.29, 1.82) is 0 Å². The number of aromatic hydroxyl groups is 1. The van der Waals surface area contributed by atoms with Crippen molar-refractivity contribution in [2.24, 2.45) is 4.99 Å². The summed E-state index contributed by atoms with van der Waals surface area (Å²) >= 11 is 9.43. The summed E-state index contributed by atoms with van der Waals surface area (Å²) < 4.78 is 0.813. The van der Waals surface area contributed by atoms with Gasteiger partial charge >= 0.3 is 0 Å². The smallest absolute Gasteiger partial charge is 0.198 e. The van der Waals surface area contributed by atoms with E-state index in [-0.39, 0.29) is 5.88 Å². The van der Waals surface area contributed by atoms with Gasteiger partial charge in [0.25, 0.3) is 0 Å². The van der Waals surface area contributed by atoms with Crippen molar-refractivity contribution in [3.05, 3.63) is 51.5 Å². The maximum absolute atomic E-state index is 10.2. The number of aromatic amines is 1. The highest BCUT2D eigenvalue weighted by molar-refractivity contribution is 9.10. The molecule has 0 saturated carbocycles. The number of aliphatic imine (C=N–C) groups is 1. The maximum atomic E-state index is 10.2. The second-order valence-corrected chi connectivity index (χ2v) is 6.21. The summed E-state index contributed by atoms with van der Waals surface area (Å²) in [5.74, 6) is 0.0741. The molecule has 1 aromatic heterocycles. The highest BCUT2D eigenvalue weighted by Gasteiger charge is 2.14. The fraction of sp³-hybridized carbons (Fsp3) is 0.0625. The van der Waals surface area contributed by atoms with Gasteiger partial charge in [0, 0.05) is 21.1 Å². The van der Waals surface area contributed by atoms with Crippen LogP contribution in [-0.4, -0.2) is 15.8 Å². The minimum atomic E-state index is 0.0741. The summed E-state index contributed by atoms with van der Waals surface area (Å²) in [6, 6.07) is 10.9. The standard InChI is InChI=1S/C16H13BrClN3O/c1-8(20-10-3-4-12(17)13(18)7-10)15-11-6-9(19)2-5-14(11)21-16(15)22/h2-7,21-22H,19H2,1H3. The molecule has 0 radical (unpaired) electrons. The Morgan fingerprint density at radius 3 is 2.77 bits per heavy atom. The third-order valence-corrected chi connectivity index (χ3v) is 4.60. The lowest BCUT2D eigenvalue weighted by molar-refractivity contribution is 0.457. The molecule has 3 aromatic rings. The molecule has 112 valence electrons. The summed E-state index contributed by atoms with van der Waals surface area (Å²) in [5, 5.41) is 11.6. The first kappa shape index (κ1) is 14.9. The highest BCUT2D eigenvalue weighted by Crippen LogP contribution is 2.32. The second-order valence-electron chi connectivity index (χ2n) is 4.95. The van der Waals surface area contributed by atoms with Crippen molar-refractivity contribution in [3.63, 3.8) is 0 Å². The number of benzene rings is 2. The highest BCUT2D eigenvalue weighted by atomic mass is 79.9. The molecule has 1 heterocycles. The Bertz CT molecular complexity index is 902. The fourth-order valence-corrected chi connectivity index (χ4v) is 2.79. The molecule has 0 atom stereocenters. The zero-order valence-corrected chi connectivity index (χ0v) is 14.0. The molecule has 4 nitrogen and oxygen atoms in total. The Kier molecular flexibility index (Phi) is 3.85. The lowest BCUT2D eigenvalue weighted by Gasteiger charge is -2.03. The van der Waals surface area contributed by atoms with Gasteiger partial charge in [-0.3, -0.25) is 4.99 Å². The predicted octanol–water partition coefficient (Wildman–Crippen LogP) is 5.01. The van der Waals surface area contributed by atoms with E-state index in [0.717, 1.165) is 15.4 Å². The zero-order valence-electron chi connectivity index (χ0n) is 11.7. The van der Waals surface area contributed by atoms with E-state index >= 15 is 0 Å². The van der Waals surface area contributed by atoms with Gasteiger partial charge in [0.05, 0.1) is 22.0 Å². The van der Waals surface area contributed by atoms with Gasteiger partial charge in [-0.25, -0.2) is 0 Å². The van der Waals surface area contributed by atoms with Crippen LogP contribution in [0.3, 0.4) is 0 Å². The van der Waals surface area contributed by atoms with Crippen molar-refractivity contribution in [2.75, 3.05) is 5.73 Å². The molecule has 2 aromatic carbocycles. The SMILES string of the molecule is CC(=Nc1ccc(Br)c(Cl)c1)c1c(O)[nH]c2ccc(N)cc12. The lowest BCUT2D eigenvalue weighted by Crippen LogP contribution is -1.94. The number of aromatic nitrogens is 1. The number of hydrogen-bond donors (Lipinski definition) is 3. The number of rotatable bonds is 2. The first-order chi connectivity index (χ1) is 10.5. The van der Waals surface area contributed by atoms with E-state index in [1.54, 1.807) is 12.1 Å². The average Bonchev–Trinajstić information content (AvgIpc) is 2.78. The van der Waals surface area contributed by atoms with Crippen molar-refractivity contribution >= 4 is 55.5 Å². The summed E-state index contributed by atoms with van der Waals surface area (Å²) in [7, 11) is 0. The van der Waals surface area contributed by atoms with Gasteiger partial charge in [-0.2, -0.15) is 0 Å². The van der Waals surface area contributed by atoms with Crippen molar-refractivity contribution < 1.29 is 5.11 Å². The van der Waals surface area contributed by atoms with Gasteiger partial charge in [0.15, 0.2) is 5.88 Å². The fourth-order valence-electron chi connectivity index (χ4n) is 2.37. The second kappa shape index (κ2) is 5.66. The lowest BCUT2D eigenvalue weighted by atomic mass is 10.1. The molecule has 0 unspecified atom stereocenters. The number of anilines is 1. The molecule has 0 fully saturated rings. The van der Waals surface area contributed by atoms with Crippen LogP contribution in [0.5, 0.6) is 5.88 Å². The number of nitrogens with two attached hydrogens (primary N) is 1. The molecule has 22 heavy (non-hydrogen) atoms. The first-order valence-corrected chi connectivity index (χ1v) is 7.73. The number of nitrogens with zero attached hydrogens (tertiary/aromatic N) is 1. The van der Waals surface area contributed by atoms with E-state index in [4.69, 9.17) is 17.3 Å². The third-order valence-electron chi connectivity index (χ3n) is 3.36. The minimum absolute atomic E-state index is 0.0741. The Labute approximate surface area is 140 Å². The first-order valence-electron chi connectivity index (χ1n) is 6.56. The van der Waals surface area contributed by atoms with E-state index in [1.807, 2.05) is 31.2 Å². The van der Waals surface area contributed by atoms with Gasteiger partial charge in [-0.15, -0.1) is 0 Å². The quantitative estimate of drug-likeness (QED) is 0.433. The predicted molar refractivity (Wildman–Crippen MR) is 95.4 cm³/mol. The molecule has 4 N–H and O–H groups in total. The van der Waals surface area contributed by atoms with E-state index in [0.29, 0.717) is 27.7 Å². The van der Waals surface area contributed by atoms with Gasteiger partial charge < -0.3 is 15.8 Å². The molecule has 0 bridgehead atoms. The van der Waals surface area contributed by atoms with Crippen LogP contribution in [0.15, 0.2) is 45.9 Å². The molecule has 0 amide bonds. The molecule has 0 aliphatic carbocycles. The Morgan fingerprint density at radius 1 is 1.27 bits per heavy atom. The van der Waals surface area contributed by atoms with Crippen LogP contribution in [0, 0.1) is 0 Å². The van der Waals surface area contributed by atoms with Crippen molar-refractivity contribution in [2.45, 2.75) is 6.92 Å². The number of fused-ring (bicyclic) bond motifs is 1. The average molecular weight is 379 g/mol. The Morgan fingerprint density at radius 2 is 2.05 bits per heavy atom. The summed E-state index contributed by atoms with van der Waals surface area (Å²) in [6.07, 6.45) is 0. The van der Waals surface area contributed by atoms with E-state index in [1.165, 1.54) is 0 Å². The summed E-state index contributed by atoms with van der Waals surface area (Å²) in [6.45, 7) is 1.83. The third kappa shape index (κ3) is 2.69. The van der Waals surface area contributed by atoms with E-state index in [9.17, 15) is 5.11 Å². The number of nitrogen functional groups attached to an aromatic ring is 1. The van der Waals surface area contributed by atoms with Crippen LogP contribution < -0.4 is 5.73 Å². The van der Waals surface area contributed by atoms with Crippen LogP contribution in [-0.2, 0) is 0 Å². The van der Waals surface area contributed by atoms with Crippen LogP contribution in [0.2, 0.25) is 5.02 Å². The van der Waals surface area contributed by atoms with Crippen LogP contribution in [0.25, 0.3) is 10.9 Å². The topological polar surface area (TPSA) is 74.4 Å².